The van der Waals surface area contributed by atoms with Crippen molar-refractivity contribution in [1.82, 2.24) is 0 Å². The van der Waals surface area contributed by atoms with Gasteiger partial charge in [-0.2, -0.15) is 5.26 Å². The molecule has 130 valence electrons. The van der Waals surface area contributed by atoms with Crippen molar-refractivity contribution < 1.29 is 19.1 Å². The van der Waals surface area contributed by atoms with Gasteiger partial charge in [0.15, 0.2) is 0 Å². The summed E-state index contributed by atoms with van der Waals surface area (Å²) in [6, 6.07) is 9.19. The molecule has 0 aliphatic rings. The second-order valence-electron chi connectivity index (χ2n) is 5.17. The standard InChI is InChI=1S/C18H18N2O4S/c1-4-24-18(22)16-11(2)14(10-19)17(25-16)20-15(21)9-12-5-7-13(23-3)8-6-12/h5-8H,4,9H2,1-3H3,(H,20,21). The number of nitrogens with zero attached hydrogens (tertiary/aromatic N) is 1. The Morgan fingerprint density at radius 2 is 1.96 bits per heavy atom. The molecule has 1 heterocycles. The number of hydrogen-bond acceptors (Lipinski definition) is 6. The van der Waals surface area contributed by atoms with Gasteiger partial charge in [-0.25, -0.2) is 4.79 Å². The minimum atomic E-state index is -0.489. The first-order valence-corrected chi connectivity index (χ1v) is 8.45. The van der Waals surface area contributed by atoms with Crippen LogP contribution in [0.15, 0.2) is 24.3 Å². The number of esters is 1. The number of carbonyl (C=O) groups excluding carboxylic acids is 2. The number of benzene rings is 1. The van der Waals surface area contributed by atoms with E-state index in [0.717, 1.165) is 16.9 Å². The number of rotatable bonds is 6. The van der Waals surface area contributed by atoms with Crippen molar-refractivity contribution in [3.63, 3.8) is 0 Å². The van der Waals surface area contributed by atoms with Crippen molar-refractivity contribution in [3.8, 4) is 11.8 Å². The number of hydrogen-bond donors (Lipinski definition) is 1. The summed E-state index contributed by atoms with van der Waals surface area (Å²) in [7, 11) is 1.57. The number of ether oxygens (including phenoxy) is 2. The smallest absolute Gasteiger partial charge is 0.348 e. The van der Waals surface area contributed by atoms with E-state index in [2.05, 4.69) is 5.32 Å². The van der Waals surface area contributed by atoms with Crippen LogP contribution < -0.4 is 10.1 Å². The van der Waals surface area contributed by atoms with Gasteiger partial charge < -0.3 is 14.8 Å². The number of carbonyl (C=O) groups is 2. The lowest BCUT2D eigenvalue weighted by atomic mass is 10.1. The normalized spacial score (nSPS) is 10.0. The van der Waals surface area contributed by atoms with Crippen LogP contribution in [0.1, 0.15) is 33.3 Å². The number of amides is 1. The number of nitrogens with one attached hydrogen (secondary N) is 1. The number of methoxy groups -OCH3 is 1. The van der Waals surface area contributed by atoms with E-state index in [1.807, 2.05) is 6.07 Å². The fourth-order valence-electron chi connectivity index (χ4n) is 2.23. The molecule has 0 saturated heterocycles. The lowest BCUT2D eigenvalue weighted by molar-refractivity contribution is -0.115. The van der Waals surface area contributed by atoms with Crippen LogP contribution in [0.3, 0.4) is 0 Å². The van der Waals surface area contributed by atoms with Gasteiger partial charge in [-0.3, -0.25) is 4.79 Å². The molecule has 6 nitrogen and oxygen atoms in total. The monoisotopic (exact) mass is 358 g/mol. The summed E-state index contributed by atoms with van der Waals surface area (Å²) in [5.74, 6) is -0.0423. The first-order valence-electron chi connectivity index (χ1n) is 7.63. The molecule has 0 radical (unpaired) electrons. The van der Waals surface area contributed by atoms with E-state index in [0.29, 0.717) is 21.2 Å². The van der Waals surface area contributed by atoms with Gasteiger partial charge in [0.05, 0.1) is 25.7 Å². The van der Waals surface area contributed by atoms with Crippen molar-refractivity contribution in [3.05, 3.63) is 45.8 Å². The third-order valence-electron chi connectivity index (χ3n) is 3.50. The first kappa shape index (κ1) is 18.5. The highest BCUT2D eigenvalue weighted by Crippen LogP contribution is 2.33. The van der Waals surface area contributed by atoms with Crippen molar-refractivity contribution in [2.45, 2.75) is 20.3 Å². The van der Waals surface area contributed by atoms with E-state index < -0.39 is 5.97 Å². The van der Waals surface area contributed by atoms with Crippen LogP contribution in [0.25, 0.3) is 0 Å². The molecule has 0 aliphatic carbocycles. The van der Waals surface area contributed by atoms with Crippen molar-refractivity contribution >= 4 is 28.2 Å². The van der Waals surface area contributed by atoms with Crippen LogP contribution in [-0.2, 0) is 16.0 Å². The molecule has 25 heavy (non-hydrogen) atoms. The Kier molecular flexibility index (Phi) is 6.14. The first-order chi connectivity index (χ1) is 12.0. The Morgan fingerprint density at radius 3 is 2.52 bits per heavy atom. The maximum absolute atomic E-state index is 12.3. The molecule has 1 aromatic heterocycles. The Labute approximate surface area is 150 Å². The zero-order valence-corrected chi connectivity index (χ0v) is 15.0. The SMILES string of the molecule is CCOC(=O)c1sc(NC(=O)Cc2ccc(OC)cc2)c(C#N)c1C. The molecule has 0 spiro atoms. The van der Waals surface area contributed by atoms with E-state index in [-0.39, 0.29) is 24.5 Å². The van der Waals surface area contributed by atoms with Gasteiger partial charge in [0.1, 0.15) is 21.7 Å². The Hall–Kier alpha value is -2.85. The van der Waals surface area contributed by atoms with E-state index >= 15 is 0 Å². The second-order valence-corrected chi connectivity index (χ2v) is 6.19. The molecular formula is C18H18N2O4S. The average molecular weight is 358 g/mol. The Morgan fingerprint density at radius 1 is 1.28 bits per heavy atom. The van der Waals surface area contributed by atoms with Crippen LogP contribution in [0.4, 0.5) is 5.00 Å². The fourth-order valence-corrected chi connectivity index (χ4v) is 3.29. The molecule has 1 N–H and O–H groups in total. The molecular weight excluding hydrogens is 340 g/mol. The summed E-state index contributed by atoms with van der Waals surface area (Å²) in [5.41, 5.74) is 1.62. The molecule has 2 aromatic rings. The quantitative estimate of drug-likeness (QED) is 0.801. The third-order valence-corrected chi connectivity index (χ3v) is 4.68. The van der Waals surface area contributed by atoms with Gasteiger partial charge in [0, 0.05) is 0 Å². The van der Waals surface area contributed by atoms with Crippen molar-refractivity contribution in [2.75, 3.05) is 19.0 Å². The maximum Gasteiger partial charge on any atom is 0.348 e. The largest absolute Gasteiger partial charge is 0.497 e. The number of anilines is 1. The zero-order valence-electron chi connectivity index (χ0n) is 14.2. The summed E-state index contributed by atoms with van der Waals surface area (Å²) >= 11 is 1.05. The molecule has 0 bridgehead atoms. The molecule has 0 fully saturated rings. The highest BCUT2D eigenvalue weighted by molar-refractivity contribution is 7.18. The summed E-state index contributed by atoms with van der Waals surface area (Å²) < 4.78 is 10.1. The maximum atomic E-state index is 12.3. The predicted molar refractivity (Wildman–Crippen MR) is 95.1 cm³/mol. The van der Waals surface area contributed by atoms with Crippen LogP contribution >= 0.6 is 11.3 Å². The van der Waals surface area contributed by atoms with Gasteiger partial charge in [-0.05, 0) is 37.1 Å². The average Bonchev–Trinajstić information content (AvgIpc) is 2.91. The summed E-state index contributed by atoms with van der Waals surface area (Å²) in [6.07, 6.45) is 0.153. The van der Waals surface area contributed by atoms with E-state index in [1.54, 1.807) is 45.2 Å². The molecule has 0 saturated carbocycles. The summed E-state index contributed by atoms with van der Waals surface area (Å²) in [6.45, 7) is 3.63. The van der Waals surface area contributed by atoms with E-state index in [1.165, 1.54) is 0 Å². The highest BCUT2D eigenvalue weighted by atomic mass is 32.1. The number of nitriles is 1. The summed E-state index contributed by atoms with van der Waals surface area (Å²) in [4.78, 5) is 24.5. The molecule has 7 heteroatoms. The minimum Gasteiger partial charge on any atom is -0.497 e. The molecule has 0 unspecified atom stereocenters. The van der Waals surface area contributed by atoms with Gasteiger partial charge in [-0.1, -0.05) is 12.1 Å². The molecule has 1 aromatic carbocycles. The Bertz CT molecular complexity index is 819. The van der Waals surface area contributed by atoms with Crippen LogP contribution in [0, 0.1) is 18.3 Å². The van der Waals surface area contributed by atoms with Crippen molar-refractivity contribution in [1.29, 1.82) is 5.26 Å². The lowest BCUT2D eigenvalue weighted by Gasteiger charge is -2.05. The van der Waals surface area contributed by atoms with Gasteiger partial charge in [0.25, 0.3) is 0 Å². The molecule has 1 amide bonds. The van der Waals surface area contributed by atoms with Crippen LogP contribution in [0.5, 0.6) is 5.75 Å². The number of thiophene rings is 1. The van der Waals surface area contributed by atoms with Crippen LogP contribution in [-0.4, -0.2) is 25.6 Å². The fraction of sp³-hybridized carbons (Fsp3) is 0.278. The second kappa shape index (κ2) is 8.31. The third kappa shape index (κ3) is 4.37. The minimum absolute atomic E-state index is 0.153. The lowest BCUT2D eigenvalue weighted by Crippen LogP contribution is -2.14. The van der Waals surface area contributed by atoms with Gasteiger partial charge >= 0.3 is 5.97 Å². The van der Waals surface area contributed by atoms with Gasteiger partial charge in [-0.15, -0.1) is 11.3 Å². The highest BCUT2D eigenvalue weighted by Gasteiger charge is 2.22. The summed E-state index contributed by atoms with van der Waals surface area (Å²) in [5, 5.41) is 12.4. The van der Waals surface area contributed by atoms with E-state index in [9.17, 15) is 14.9 Å². The van der Waals surface area contributed by atoms with Gasteiger partial charge in [0.2, 0.25) is 5.91 Å². The molecule has 0 atom stereocenters. The zero-order chi connectivity index (χ0) is 18.4. The van der Waals surface area contributed by atoms with E-state index in [4.69, 9.17) is 9.47 Å². The van der Waals surface area contributed by atoms with Crippen molar-refractivity contribution in [2.24, 2.45) is 0 Å². The predicted octanol–water partition coefficient (Wildman–Crippen LogP) is 3.29. The Balaban J connectivity index is 2.15. The molecule has 2 rings (SSSR count). The van der Waals surface area contributed by atoms with Crippen LogP contribution in [0.2, 0.25) is 0 Å². The topological polar surface area (TPSA) is 88.4 Å². The molecule has 0 aliphatic heterocycles.